The van der Waals surface area contributed by atoms with Gasteiger partial charge in [-0.3, -0.25) is 0 Å². The molecule has 0 atom stereocenters. The summed E-state index contributed by atoms with van der Waals surface area (Å²) in [5.74, 6) is 0. The molecular weight excluding hydrogens is 1070 g/mol. The number of nitrogens with zero attached hydrogens (tertiary/aromatic N) is 6. The Bertz CT molecular complexity index is 5720. The molecule has 11 aromatic carbocycles. The van der Waals surface area contributed by atoms with Gasteiger partial charge in [0.1, 0.15) is 11.7 Å². The van der Waals surface area contributed by atoms with E-state index in [0.717, 1.165) is 125 Å². The van der Waals surface area contributed by atoms with Gasteiger partial charge in [-0.1, -0.05) is 169 Å². The molecule has 7 nitrogen and oxygen atoms in total. The van der Waals surface area contributed by atoms with Gasteiger partial charge in [0, 0.05) is 69.3 Å². The molecule has 0 unspecified atom stereocenters. The maximum absolute atomic E-state index is 13.1. The zero-order chi connectivity index (χ0) is 58.4. The highest BCUT2D eigenvalue weighted by atomic mass is 32.1. The molecule has 0 aliphatic carbocycles. The topological polar surface area (TPSA) is 61.0 Å². The fourth-order valence-corrected chi connectivity index (χ4v) is 15.8. The average molecular weight is 1130 g/mol. The third-order valence-corrected chi connectivity index (χ3v) is 19.8. The van der Waals surface area contributed by atoms with E-state index < -0.39 is 0 Å². The van der Waals surface area contributed by atoms with Crippen LogP contribution in [0.15, 0.2) is 199 Å². The van der Waals surface area contributed by atoms with Crippen LogP contribution in [-0.4, -0.2) is 18.3 Å². The quantitative estimate of drug-likeness (QED) is 0.165. The molecule has 8 heteroatoms. The first kappa shape index (κ1) is 50.2. The van der Waals surface area contributed by atoms with Crippen LogP contribution in [0.5, 0.6) is 0 Å². The summed E-state index contributed by atoms with van der Waals surface area (Å²) in [6.07, 6.45) is 0. The van der Waals surface area contributed by atoms with Gasteiger partial charge in [0.25, 0.3) is 0 Å². The molecule has 0 aliphatic rings. The predicted molar refractivity (Wildman–Crippen MR) is 362 cm³/mol. The summed E-state index contributed by atoms with van der Waals surface area (Å²) in [5.41, 5.74) is 16.3. The maximum atomic E-state index is 13.1. The van der Waals surface area contributed by atoms with Crippen molar-refractivity contribution in [3.8, 4) is 28.8 Å². The van der Waals surface area contributed by atoms with Gasteiger partial charge in [0.15, 0.2) is 5.58 Å². The van der Waals surface area contributed by atoms with Crippen LogP contribution in [0.3, 0.4) is 0 Å². The van der Waals surface area contributed by atoms with Crippen LogP contribution < -0.4 is 0 Å². The Kier molecular flexibility index (Phi) is 10.3. The van der Waals surface area contributed by atoms with Gasteiger partial charge in [-0.05, 0) is 114 Å². The van der Waals surface area contributed by atoms with Crippen molar-refractivity contribution in [2.75, 3.05) is 0 Å². The summed E-state index contributed by atoms with van der Waals surface area (Å²) < 4.78 is 19.1. The lowest BCUT2D eigenvalue weighted by atomic mass is 9.82. The Morgan fingerprint density at radius 3 is 1.57 bits per heavy atom. The lowest BCUT2D eigenvalue weighted by molar-refractivity contribution is 0.591. The molecule has 0 bridgehead atoms. The number of nitriles is 1. The van der Waals surface area contributed by atoms with Crippen molar-refractivity contribution in [1.29, 1.82) is 5.26 Å². The van der Waals surface area contributed by atoms with Crippen LogP contribution in [0.4, 0.5) is 5.69 Å². The fraction of sp³-hybridized carbons (Fsp3) is 0.128. The summed E-state index contributed by atoms with van der Waals surface area (Å²) in [6, 6.07) is 72.8. The van der Waals surface area contributed by atoms with Crippen LogP contribution in [0, 0.1) is 31.8 Å². The number of rotatable bonds is 4. The van der Waals surface area contributed by atoms with Crippen molar-refractivity contribution in [1.82, 2.24) is 18.3 Å². The van der Waals surface area contributed by atoms with Crippen LogP contribution in [0.1, 0.15) is 69.4 Å². The van der Waals surface area contributed by atoms with Crippen LogP contribution in [0.25, 0.3) is 157 Å². The molecule has 86 heavy (non-hydrogen) atoms. The third kappa shape index (κ3) is 6.65. The summed E-state index contributed by atoms with van der Waals surface area (Å²) in [5, 5.41) is 25.8. The van der Waals surface area contributed by atoms with E-state index in [4.69, 9.17) is 9.26 Å². The van der Waals surface area contributed by atoms with E-state index in [1.807, 2.05) is 0 Å². The number of aromatic nitrogens is 4. The van der Waals surface area contributed by atoms with E-state index in [-0.39, 0.29) is 10.8 Å². The second kappa shape index (κ2) is 17.6. The molecule has 0 N–H and O–H groups in total. The molecule has 17 aromatic rings. The first-order valence-electron chi connectivity index (χ1n) is 29.5. The number of furan rings is 1. The Labute approximate surface area is 499 Å². The smallest absolute Gasteiger partial charge is 0.237 e. The van der Waals surface area contributed by atoms with E-state index in [1.165, 1.54) is 26.8 Å². The standard InChI is InChI=1S/C78H56N6OS/c1-43-38-54-51-35-36-52-50-26-15-21-33-66(50)86-76(52)72(51)84(64(54)39-44(43)2)69-57(42-79)70(81-59-28-16-10-22-46(59)47-23-11-17-29-60(47)81)74(73(68(69)80-9)82-61-30-18-12-24-48(61)49-25-13-19-31-62(49)82)83-63-37-34-45(77(3,4)5)40-55(63)56-41-58(78(6,7)8)67-53-27-14-20-32-65(53)85-75(67)71(56)83/h10-41H,1-8H3. The Balaban J connectivity index is 1.23. The van der Waals surface area contributed by atoms with Crippen molar-refractivity contribution in [2.24, 2.45) is 0 Å². The Morgan fingerprint density at radius 2 is 0.965 bits per heavy atom. The van der Waals surface area contributed by atoms with Crippen molar-refractivity contribution >= 4 is 146 Å². The average Bonchev–Trinajstić information content (AvgIpc) is 1.59. The van der Waals surface area contributed by atoms with Gasteiger partial charge in [0.05, 0.1) is 83.7 Å². The highest BCUT2D eigenvalue weighted by Gasteiger charge is 2.37. The highest BCUT2D eigenvalue weighted by Crippen LogP contribution is 2.55. The molecule has 6 aromatic heterocycles. The zero-order valence-electron chi connectivity index (χ0n) is 49.0. The van der Waals surface area contributed by atoms with E-state index >= 15 is 0 Å². The minimum Gasteiger partial charge on any atom is -0.454 e. The lowest BCUT2D eigenvalue weighted by Crippen LogP contribution is -2.15. The Hall–Kier alpha value is -10.4. The predicted octanol–water partition coefficient (Wildman–Crippen LogP) is 22.0. The van der Waals surface area contributed by atoms with Crippen molar-refractivity contribution in [3.63, 3.8) is 0 Å². The largest absolute Gasteiger partial charge is 0.454 e. The number of aryl methyl sites for hydroxylation is 2. The molecule has 17 rings (SSSR count). The van der Waals surface area contributed by atoms with E-state index in [0.29, 0.717) is 34.0 Å². The van der Waals surface area contributed by atoms with E-state index in [1.54, 1.807) is 11.3 Å². The van der Waals surface area contributed by atoms with Gasteiger partial charge in [0.2, 0.25) is 5.69 Å². The van der Waals surface area contributed by atoms with E-state index in [9.17, 15) is 11.8 Å². The summed E-state index contributed by atoms with van der Waals surface area (Å²) in [4.78, 5) is 4.96. The number of benzene rings is 11. The zero-order valence-corrected chi connectivity index (χ0v) is 49.8. The van der Waals surface area contributed by atoms with Gasteiger partial charge in [-0.15, -0.1) is 11.3 Å². The maximum Gasteiger partial charge on any atom is 0.237 e. The van der Waals surface area contributed by atoms with Gasteiger partial charge >= 0.3 is 0 Å². The SMILES string of the molecule is [C-]#[N+]c1c(-n2c3ccccc3c3ccccc32)c(-n2c3ccc(C(C)(C)C)cc3c3cc(C(C)(C)C)c4c5ccccc5oc4c32)c(-n2c3ccccc3c3ccccc32)c(C#N)c1-n1c2cc(C)c(C)cc2c2ccc3c4ccccc4sc3c21. The number of para-hydroxylation sites is 5. The molecule has 6 heterocycles. The molecule has 0 fully saturated rings. The molecular formula is C78H56N6OS. The first-order chi connectivity index (χ1) is 41.7. The number of thiophene rings is 1. The third-order valence-electron chi connectivity index (χ3n) is 18.6. The molecule has 0 saturated carbocycles. The fourth-order valence-electron chi connectivity index (χ4n) is 14.5. The molecule has 0 radical (unpaired) electrons. The van der Waals surface area contributed by atoms with Crippen molar-refractivity contribution in [2.45, 2.75) is 66.2 Å². The molecule has 0 amide bonds. The molecule has 0 saturated heterocycles. The second-order valence-corrected chi connectivity index (χ2v) is 26.5. The molecule has 0 spiro atoms. The Morgan fingerprint density at radius 1 is 0.442 bits per heavy atom. The monoisotopic (exact) mass is 1120 g/mol. The summed E-state index contributed by atoms with van der Waals surface area (Å²) in [6.45, 7) is 28.2. The van der Waals surface area contributed by atoms with E-state index in [2.05, 4.69) is 274 Å². The lowest BCUT2D eigenvalue weighted by Gasteiger charge is -2.28. The number of hydrogen-bond acceptors (Lipinski definition) is 3. The minimum absolute atomic E-state index is 0.201. The van der Waals surface area contributed by atoms with Gasteiger partial charge in [-0.25, -0.2) is 4.85 Å². The molecule has 410 valence electrons. The highest BCUT2D eigenvalue weighted by molar-refractivity contribution is 7.26. The number of fused-ring (bicyclic) bond motifs is 20. The number of hydrogen-bond donors (Lipinski definition) is 0. The van der Waals surface area contributed by atoms with Crippen molar-refractivity contribution in [3.05, 3.63) is 233 Å². The van der Waals surface area contributed by atoms with Crippen molar-refractivity contribution < 1.29 is 4.42 Å². The normalized spacial score (nSPS) is 12.6. The first-order valence-corrected chi connectivity index (χ1v) is 30.3. The van der Waals surface area contributed by atoms with Crippen LogP contribution >= 0.6 is 11.3 Å². The summed E-state index contributed by atoms with van der Waals surface area (Å²) in [7, 11) is 0. The van der Waals surface area contributed by atoms with Crippen LogP contribution in [0.2, 0.25) is 0 Å². The second-order valence-electron chi connectivity index (χ2n) is 25.5. The van der Waals surface area contributed by atoms with Gasteiger partial charge in [-0.2, -0.15) is 5.26 Å². The molecule has 0 aliphatic heterocycles. The minimum atomic E-state index is -0.302. The van der Waals surface area contributed by atoms with Gasteiger partial charge < -0.3 is 22.7 Å². The summed E-state index contributed by atoms with van der Waals surface area (Å²) >= 11 is 1.77. The van der Waals surface area contributed by atoms with Crippen LogP contribution in [-0.2, 0) is 10.8 Å².